The zero-order valence-corrected chi connectivity index (χ0v) is 23.4. The molecule has 37 heavy (non-hydrogen) atoms. The van der Waals surface area contributed by atoms with Gasteiger partial charge >= 0.3 is 5.97 Å². The van der Waals surface area contributed by atoms with E-state index in [0.717, 1.165) is 32.2 Å². The van der Waals surface area contributed by atoms with Gasteiger partial charge in [0, 0.05) is 17.4 Å². The van der Waals surface area contributed by atoms with Crippen molar-refractivity contribution >= 4 is 35.1 Å². The molecule has 0 aliphatic rings. The molecule has 0 saturated heterocycles. The van der Waals surface area contributed by atoms with Crippen LogP contribution in [-0.2, 0) is 12.8 Å². The van der Waals surface area contributed by atoms with Gasteiger partial charge < -0.3 is 14.4 Å². The average molecular weight is 528 g/mol. The summed E-state index contributed by atoms with van der Waals surface area (Å²) in [5.74, 6) is -0.485. The number of rotatable bonds is 16. The third-order valence-electron chi connectivity index (χ3n) is 6.80. The van der Waals surface area contributed by atoms with Gasteiger partial charge in [-0.2, -0.15) is 0 Å². The molecule has 0 aliphatic heterocycles. The number of aryl methyl sites for hydroxylation is 2. The maximum absolute atomic E-state index is 13.6. The fourth-order valence-corrected chi connectivity index (χ4v) is 4.62. The van der Waals surface area contributed by atoms with E-state index < -0.39 is 5.97 Å². The summed E-state index contributed by atoms with van der Waals surface area (Å²) >= 11 is 0. The van der Waals surface area contributed by atoms with Gasteiger partial charge in [0.05, 0.1) is 11.1 Å². The molecule has 0 bridgehead atoms. The van der Waals surface area contributed by atoms with E-state index in [1.807, 2.05) is 24.3 Å². The minimum atomic E-state index is -1.01. The molecule has 1 N–H and O–H groups in total. The van der Waals surface area contributed by atoms with Crippen molar-refractivity contribution in [2.75, 3.05) is 19.6 Å². The van der Waals surface area contributed by atoms with E-state index >= 15 is 0 Å². The lowest BCUT2D eigenvalue weighted by Gasteiger charge is -2.21. The normalized spacial score (nSPS) is 11.1. The molecule has 2 aromatic carbocycles. The molecule has 6 heteroatoms. The van der Waals surface area contributed by atoms with Crippen molar-refractivity contribution in [1.29, 1.82) is 0 Å². The molecule has 5 nitrogen and oxygen atoms in total. The maximum Gasteiger partial charge on any atom is 0.335 e. The van der Waals surface area contributed by atoms with E-state index in [2.05, 4.69) is 25.7 Å². The number of nitrogens with zero attached hydrogens (tertiary/aromatic N) is 1. The Morgan fingerprint density at radius 3 is 1.97 bits per heavy atom. The monoisotopic (exact) mass is 527 g/mol. The van der Waals surface area contributed by atoms with E-state index in [4.69, 9.17) is 4.42 Å². The summed E-state index contributed by atoms with van der Waals surface area (Å²) in [5.41, 5.74) is 3.04. The van der Waals surface area contributed by atoms with Crippen molar-refractivity contribution in [2.24, 2.45) is 0 Å². The number of furan rings is 1. The first kappa shape index (κ1) is 30.6. The number of aromatic carboxylic acids is 1. The number of hydrogen-bond donors (Lipinski definition) is 1. The first-order valence-electron chi connectivity index (χ1n) is 13.6. The Kier molecular flexibility index (Phi) is 12.9. The van der Waals surface area contributed by atoms with E-state index in [0.29, 0.717) is 34.3 Å². The molecule has 0 atom stereocenters. The van der Waals surface area contributed by atoms with E-state index in [1.165, 1.54) is 50.4 Å². The van der Waals surface area contributed by atoms with Gasteiger partial charge in [0.2, 0.25) is 0 Å². The summed E-state index contributed by atoms with van der Waals surface area (Å²) in [7, 11) is 0. The number of carboxylic acids is 1. The number of benzene rings is 2. The molecule has 0 aliphatic carbocycles. The molecule has 0 radical (unpaired) electrons. The van der Waals surface area contributed by atoms with Crippen LogP contribution in [0.4, 0.5) is 0 Å². The number of halogens is 1. The van der Waals surface area contributed by atoms with Gasteiger partial charge in [-0.05, 0) is 75.5 Å². The Hall–Kier alpha value is -2.63. The first-order chi connectivity index (χ1) is 17.5. The Balaban J connectivity index is 0.00000481. The lowest BCUT2D eigenvalue weighted by molar-refractivity contribution is 0.0696. The van der Waals surface area contributed by atoms with Crippen molar-refractivity contribution in [3.8, 4) is 0 Å². The van der Waals surface area contributed by atoms with Crippen molar-refractivity contribution < 1.29 is 19.1 Å². The second-order valence-corrected chi connectivity index (χ2v) is 9.70. The van der Waals surface area contributed by atoms with Crippen LogP contribution < -0.4 is 0 Å². The molecule has 0 saturated carbocycles. The van der Waals surface area contributed by atoms with Crippen LogP contribution in [-0.4, -0.2) is 41.4 Å². The standard InChI is InChI=1S/C31H41NO4.ClH/c1-4-7-12-28-29(26-22-25(31(34)35)17-18-27(26)36-28)30(33)24-15-13-23(14-16-24)11-10-21-32(19-8-5-2)20-9-6-3;/h13-18,22H,4-12,19-21H2,1-3H3,(H,34,35);1H. The van der Waals surface area contributed by atoms with E-state index in [1.54, 1.807) is 12.1 Å². The van der Waals surface area contributed by atoms with Crippen molar-refractivity contribution in [3.05, 3.63) is 70.5 Å². The van der Waals surface area contributed by atoms with E-state index in [-0.39, 0.29) is 23.8 Å². The van der Waals surface area contributed by atoms with Crippen LogP contribution in [0, 0.1) is 0 Å². The quantitative estimate of drug-likeness (QED) is 0.191. The SMILES string of the molecule is CCCCc1oc2ccc(C(=O)O)cc2c1C(=O)c1ccc(CCCN(CCCC)CCCC)cc1.Cl. The number of fused-ring (bicyclic) bond motifs is 1. The summed E-state index contributed by atoms with van der Waals surface area (Å²) in [6, 6.07) is 12.6. The van der Waals surface area contributed by atoms with Gasteiger partial charge in [-0.15, -0.1) is 12.4 Å². The lowest BCUT2D eigenvalue weighted by Crippen LogP contribution is -2.27. The second kappa shape index (κ2) is 15.6. The van der Waals surface area contributed by atoms with Crippen LogP contribution in [0.2, 0.25) is 0 Å². The zero-order chi connectivity index (χ0) is 25.9. The van der Waals surface area contributed by atoms with Crippen LogP contribution in [0.25, 0.3) is 11.0 Å². The second-order valence-electron chi connectivity index (χ2n) is 9.70. The van der Waals surface area contributed by atoms with Gasteiger partial charge in [0.1, 0.15) is 11.3 Å². The zero-order valence-electron chi connectivity index (χ0n) is 22.6. The largest absolute Gasteiger partial charge is 0.478 e. The van der Waals surface area contributed by atoms with E-state index in [9.17, 15) is 14.7 Å². The van der Waals surface area contributed by atoms with Crippen molar-refractivity contribution in [3.63, 3.8) is 0 Å². The Morgan fingerprint density at radius 2 is 1.38 bits per heavy atom. The van der Waals surface area contributed by atoms with Crippen LogP contribution in [0.15, 0.2) is 46.9 Å². The minimum Gasteiger partial charge on any atom is -0.478 e. The molecule has 0 spiro atoms. The predicted octanol–water partition coefficient (Wildman–Crippen LogP) is 7.96. The topological polar surface area (TPSA) is 70.7 Å². The third kappa shape index (κ3) is 8.44. The third-order valence-corrected chi connectivity index (χ3v) is 6.80. The number of carboxylic acid groups (broad SMARTS) is 1. The number of carbonyl (C=O) groups excluding carboxylic acids is 1. The van der Waals surface area contributed by atoms with Gasteiger partial charge in [-0.25, -0.2) is 4.79 Å². The number of hydrogen-bond acceptors (Lipinski definition) is 4. The lowest BCUT2D eigenvalue weighted by atomic mass is 9.96. The van der Waals surface area contributed by atoms with Gasteiger partial charge in [0.15, 0.2) is 5.78 Å². The molecule has 1 aromatic heterocycles. The van der Waals surface area contributed by atoms with Gasteiger partial charge in [-0.3, -0.25) is 4.79 Å². The summed E-state index contributed by atoms with van der Waals surface area (Å²) in [6.07, 6.45) is 9.57. The van der Waals surface area contributed by atoms with Crippen LogP contribution in [0.5, 0.6) is 0 Å². The Labute approximate surface area is 227 Å². The Morgan fingerprint density at radius 1 is 0.784 bits per heavy atom. The highest BCUT2D eigenvalue weighted by molar-refractivity contribution is 6.17. The van der Waals surface area contributed by atoms with Crippen LogP contribution in [0.3, 0.4) is 0 Å². The van der Waals surface area contributed by atoms with Crippen LogP contribution in [0.1, 0.15) is 103 Å². The average Bonchev–Trinajstić information content (AvgIpc) is 3.26. The molecule has 202 valence electrons. The van der Waals surface area contributed by atoms with Crippen molar-refractivity contribution in [1.82, 2.24) is 4.90 Å². The summed E-state index contributed by atoms with van der Waals surface area (Å²) < 4.78 is 6.02. The molecule has 0 fully saturated rings. The molecule has 3 aromatic rings. The number of ketones is 1. The first-order valence-corrected chi connectivity index (χ1v) is 13.6. The molecular weight excluding hydrogens is 486 g/mol. The summed E-state index contributed by atoms with van der Waals surface area (Å²) in [4.78, 5) is 27.7. The maximum atomic E-state index is 13.6. The highest BCUT2D eigenvalue weighted by atomic mass is 35.5. The highest BCUT2D eigenvalue weighted by Gasteiger charge is 2.23. The number of carbonyl (C=O) groups is 2. The molecule has 1 heterocycles. The molecule has 0 amide bonds. The smallest absolute Gasteiger partial charge is 0.335 e. The Bertz CT molecular complexity index is 1130. The molecule has 3 rings (SSSR count). The molecule has 0 unspecified atom stereocenters. The van der Waals surface area contributed by atoms with Gasteiger partial charge in [-0.1, -0.05) is 64.3 Å². The molecular formula is C31H42ClNO4. The highest BCUT2D eigenvalue weighted by Crippen LogP contribution is 2.30. The summed E-state index contributed by atoms with van der Waals surface area (Å²) in [5, 5.41) is 10.0. The number of unbranched alkanes of at least 4 members (excludes halogenated alkanes) is 3. The summed E-state index contributed by atoms with van der Waals surface area (Å²) in [6.45, 7) is 10.0. The fraction of sp³-hybridized carbons (Fsp3) is 0.484. The minimum absolute atomic E-state index is 0. The fourth-order valence-electron chi connectivity index (χ4n) is 4.62. The van der Waals surface area contributed by atoms with Crippen LogP contribution >= 0.6 is 12.4 Å². The van der Waals surface area contributed by atoms with Gasteiger partial charge in [0.25, 0.3) is 0 Å². The van der Waals surface area contributed by atoms with Crippen molar-refractivity contribution in [2.45, 2.75) is 78.6 Å². The predicted molar refractivity (Wildman–Crippen MR) is 153 cm³/mol.